The maximum absolute atomic E-state index is 13.3. The zero-order chi connectivity index (χ0) is 23.9. The number of rotatable bonds is 9. The van der Waals surface area contributed by atoms with Gasteiger partial charge in [0, 0.05) is 17.8 Å². The first-order chi connectivity index (χ1) is 15.0. The Labute approximate surface area is 203 Å². The van der Waals surface area contributed by atoms with Crippen LogP contribution in [-0.2, 0) is 21.9 Å². The van der Waals surface area contributed by atoms with Gasteiger partial charge in [-0.25, -0.2) is 4.39 Å². The van der Waals surface area contributed by atoms with Crippen molar-refractivity contribution in [3.63, 3.8) is 0 Å². The van der Waals surface area contributed by atoms with E-state index in [2.05, 4.69) is 5.32 Å². The Morgan fingerprint density at radius 2 is 1.69 bits per heavy atom. The molecule has 0 saturated heterocycles. The SMILES string of the molecule is CC[C@@H](C(=O)NC(C)(C)C)N(Cc1ccc(F)cc1)C(=O)CSCc1ccc(Cl)c(Cl)c1. The maximum atomic E-state index is 13.3. The summed E-state index contributed by atoms with van der Waals surface area (Å²) >= 11 is 13.5. The minimum absolute atomic E-state index is 0.157. The molecule has 0 aromatic heterocycles. The van der Waals surface area contributed by atoms with Gasteiger partial charge in [-0.3, -0.25) is 9.59 Å². The van der Waals surface area contributed by atoms with Gasteiger partial charge in [0.2, 0.25) is 11.8 Å². The highest BCUT2D eigenvalue weighted by Crippen LogP contribution is 2.25. The van der Waals surface area contributed by atoms with E-state index in [1.165, 1.54) is 23.9 Å². The summed E-state index contributed by atoms with van der Waals surface area (Å²) in [5.74, 6) is 0.0696. The number of hydrogen-bond donors (Lipinski definition) is 1. The van der Waals surface area contributed by atoms with Crippen molar-refractivity contribution in [2.45, 2.75) is 58.0 Å². The first kappa shape index (κ1) is 26.5. The molecule has 0 bridgehead atoms. The van der Waals surface area contributed by atoms with Crippen LogP contribution in [0.4, 0.5) is 4.39 Å². The Bertz CT molecular complexity index is 933. The van der Waals surface area contributed by atoms with E-state index in [-0.39, 0.29) is 29.9 Å². The molecule has 0 saturated carbocycles. The van der Waals surface area contributed by atoms with Gasteiger partial charge in [-0.05, 0) is 62.6 Å². The molecule has 1 N–H and O–H groups in total. The third kappa shape index (κ3) is 8.30. The molecule has 0 aliphatic carbocycles. The molecule has 0 heterocycles. The van der Waals surface area contributed by atoms with Crippen molar-refractivity contribution in [1.82, 2.24) is 10.2 Å². The summed E-state index contributed by atoms with van der Waals surface area (Å²) in [4.78, 5) is 27.7. The molecule has 0 radical (unpaired) electrons. The van der Waals surface area contributed by atoms with Crippen LogP contribution in [0, 0.1) is 5.82 Å². The molecule has 174 valence electrons. The third-order valence-electron chi connectivity index (χ3n) is 4.63. The van der Waals surface area contributed by atoms with Crippen LogP contribution in [0.5, 0.6) is 0 Å². The van der Waals surface area contributed by atoms with E-state index in [0.29, 0.717) is 22.2 Å². The van der Waals surface area contributed by atoms with Crippen LogP contribution in [0.2, 0.25) is 10.0 Å². The van der Waals surface area contributed by atoms with Crippen LogP contribution in [0.3, 0.4) is 0 Å². The monoisotopic (exact) mass is 498 g/mol. The van der Waals surface area contributed by atoms with Crippen LogP contribution in [0.1, 0.15) is 45.2 Å². The van der Waals surface area contributed by atoms with E-state index in [1.54, 1.807) is 29.2 Å². The number of nitrogens with one attached hydrogen (secondary N) is 1. The first-order valence-electron chi connectivity index (χ1n) is 10.4. The molecule has 2 amide bonds. The van der Waals surface area contributed by atoms with E-state index in [9.17, 15) is 14.0 Å². The van der Waals surface area contributed by atoms with Gasteiger partial charge in [-0.2, -0.15) is 0 Å². The number of hydrogen-bond acceptors (Lipinski definition) is 3. The first-order valence-corrected chi connectivity index (χ1v) is 12.3. The van der Waals surface area contributed by atoms with Gasteiger partial charge in [-0.1, -0.05) is 48.3 Å². The summed E-state index contributed by atoms with van der Waals surface area (Å²) in [5, 5.41) is 3.92. The van der Waals surface area contributed by atoms with Crippen molar-refractivity contribution < 1.29 is 14.0 Å². The van der Waals surface area contributed by atoms with Crippen molar-refractivity contribution >= 4 is 46.8 Å². The maximum Gasteiger partial charge on any atom is 0.243 e. The summed E-state index contributed by atoms with van der Waals surface area (Å²) in [7, 11) is 0. The van der Waals surface area contributed by atoms with Crippen molar-refractivity contribution in [2.24, 2.45) is 0 Å². The standard InChI is InChI=1S/C24H29Cl2FN2O2S/c1-5-21(23(31)28-24(2,3)4)29(13-16-6-9-18(27)10-7-16)22(30)15-32-14-17-8-11-19(25)20(26)12-17/h6-12,21H,5,13-15H2,1-4H3,(H,28,31)/t21-/m0/s1. The fraction of sp³-hybridized carbons (Fsp3) is 0.417. The third-order valence-corrected chi connectivity index (χ3v) is 6.36. The van der Waals surface area contributed by atoms with Crippen molar-refractivity contribution in [2.75, 3.05) is 5.75 Å². The van der Waals surface area contributed by atoms with Gasteiger partial charge in [0.15, 0.2) is 0 Å². The molecular formula is C24H29Cl2FN2O2S. The zero-order valence-corrected chi connectivity index (χ0v) is 21.1. The number of benzene rings is 2. The molecule has 2 rings (SSSR count). The fourth-order valence-electron chi connectivity index (χ4n) is 3.13. The highest BCUT2D eigenvalue weighted by molar-refractivity contribution is 7.99. The molecule has 2 aromatic carbocycles. The Hall–Kier alpha value is -1.76. The van der Waals surface area contributed by atoms with E-state index in [0.717, 1.165) is 11.1 Å². The average molecular weight is 499 g/mol. The Balaban J connectivity index is 2.15. The number of halogens is 3. The van der Waals surface area contributed by atoms with Gasteiger partial charge in [0.1, 0.15) is 11.9 Å². The predicted molar refractivity (Wildman–Crippen MR) is 132 cm³/mol. The minimum atomic E-state index is -0.627. The molecule has 8 heteroatoms. The smallest absolute Gasteiger partial charge is 0.243 e. The summed E-state index contributed by atoms with van der Waals surface area (Å²) in [5.41, 5.74) is 1.30. The van der Waals surface area contributed by atoms with Crippen LogP contribution in [-0.4, -0.2) is 34.0 Å². The Morgan fingerprint density at radius 3 is 2.25 bits per heavy atom. The number of carbonyl (C=O) groups is 2. The van der Waals surface area contributed by atoms with Crippen molar-refractivity contribution in [1.29, 1.82) is 0 Å². The second kappa shape index (κ2) is 11.9. The van der Waals surface area contributed by atoms with E-state index in [1.807, 2.05) is 33.8 Å². The second-order valence-corrected chi connectivity index (χ2v) is 10.4. The van der Waals surface area contributed by atoms with Crippen LogP contribution in [0.25, 0.3) is 0 Å². The second-order valence-electron chi connectivity index (χ2n) is 8.55. The fourth-order valence-corrected chi connectivity index (χ4v) is 4.31. The molecule has 0 unspecified atom stereocenters. The van der Waals surface area contributed by atoms with Gasteiger partial charge in [0.25, 0.3) is 0 Å². The van der Waals surface area contributed by atoms with Crippen LogP contribution >= 0.6 is 35.0 Å². The Kier molecular flexibility index (Phi) is 9.86. The van der Waals surface area contributed by atoms with E-state index >= 15 is 0 Å². The molecule has 4 nitrogen and oxygen atoms in total. The lowest BCUT2D eigenvalue weighted by Gasteiger charge is -2.33. The quantitative estimate of drug-likeness (QED) is 0.455. The summed E-state index contributed by atoms with van der Waals surface area (Å²) in [6, 6.07) is 10.7. The lowest BCUT2D eigenvalue weighted by Crippen LogP contribution is -2.53. The molecule has 0 fully saturated rings. The molecule has 0 aliphatic rings. The van der Waals surface area contributed by atoms with Crippen molar-refractivity contribution in [3.8, 4) is 0 Å². The van der Waals surface area contributed by atoms with Gasteiger partial charge in [-0.15, -0.1) is 11.8 Å². The molecule has 0 aliphatic heterocycles. The van der Waals surface area contributed by atoms with Crippen molar-refractivity contribution in [3.05, 3.63) is 69.5 Å². The molecule has 0 spiro atoms. The summed E-state index contributed by atoms with van der Waals surface area (Å²) in [6.45, 7) is 7.80. The topological polar surface area (TPSA) is 49.4 Å². The zero-order valence-electron chi connectivity index (χ0n) is 18.8. The Morgan fingerprint density at radius 1 is 1.06 bits per heavy atom. The lowest BCUT2D eigenvalue weighted by atomic mass is 10.1. The lowest BCUT2D eigenvalue weighted by molar-refractivity contribution is -0.140. The highest BCUT2D eigenvalue weighted by atomic mass is 35.5. The normalized spacial score (nSPS) is 12.3. The highest BCUT2D eigenvalue weighted by Gasteiger charge is 2.30. The average Bonchev–Trinajstić information content (AvgIpc) is 2.70. The number of nitrogens with zero attached hydrogens (tertiary/aromatic N) is 1. The van der Waals surface area contributed by atoms with Gasteiger partial charge < -0.3 is 10.2 Å². The number of thioether (sulfide) groups is 1. The minimum Gasteiger partial charge on any atom is -0.350 e. The van der Waals surface area contributed by atoms with E-state index in [4.69, 9.17) is 23.2 Å². The van der Waals surface area contributed by atoms with Crippen LogP contribution in [0.15, 0.2) is 42.5 Å². The molecular weight excluding hydrogens is 470 g/mol. The molecule has 2 aromatic rings. The number of carbonyl (C=O) groups excluding carboxylic acids is 2. The largest absolute Gasteiger partial charge is 0.350 e. The van der Waals surface area contributed by atoms with Gasteiger partial charge >= 0.3 is 0 Å². The van der Waals surface area contributed by atoms with E-state index < -0.39 is 11.6 Å². The summed E-state index contributed by atoms with van der Waals surface area (Å²) < 4.78 is 13.3. The van der Waals surface area contributed by atoms with Crippen LogP contribution < -0.4 is 5.32 Å². The predicted octanol–water partition coefficient (Wildman–Crippen LogP) is 6.09. The van der Waals surface area contributed by atoms with Gasteiger partial charge in [0.05, 0.1) is 15.8 Å². The number of amides is 2. The molecule has 1 atom stereocenters. The molecule has 32 heavy (non-hydrogen) atoms. The summed E-state index contributed by atoms with van der Waals surface area (Å²) in [6.07, 6.45) is 0.465.